The normalized spacial score (nSPS) is 13.4. The lowest BCUT2D eigenvalue weighted by atomic mass is 10.4. The standard InChI is InChI=1S/C8H14O5S/c1-6(2)8(9)13-5-7(3)14(10,11)12-4/h7H,1,5H2,2-4H3. The van der Waals surface area contributed by atoms with E-state index in [1.807, 2.05) is 0 Å². The van der Waals surface area contributed by atoms with E-state index >= 15 is 0 Å². The molecule has 0 aromatic heterocycles. The lowest BCUT2D eigenvalue weighted by molar-refractivity contribution is -0.138. The van der Waals surface area contributed by atoms with Crippen molar-refractivity contribution >= 4 is 16.1 Å². The first-order valence-corrected chi connectivity index (χ1v) is 5.40. The predicted molar refractivity (Wildman–Crippen MR) is 51.2 cm³/mol. The summed E-state index contributed by atoms with van der Waals surface area (Å²) in [6, 6.07) is 0. The SMILES string of the molecule is C=C(C)C(=O)OCC(C)S(=O)(=O)OC. The maximum absolute atomic E-state index is 11.0. The molecule has 1 unspecified atom stereocenters. The van der Waals surface area contributed by atoms with Gasteiger partial charge in [-0.2, -0.15) is 8.42 Å². The van der Waals surface area contributed by atoms with E-state index in [0.717, 1.165) is 7.11 Å². The van der Waals surface area contributed by atoms with Crippen LogP contribution in [-0.2, 0) is 23.8 Å². The Morgan fingerprint density at radius 1 is 1.50 bits per heavy atom. The second kappa shape index (κ2) is 5.11. The lowest BCUT2D eigenvalue weighted by Crippen LogP contribution is -2.26. The van der Waals surface area contributed by atoms with E-state index < -0.39 is 21.3 Å². The van der Waals surface area contributed by atoms with Gasteiger partial charge < -0.3 is 4.74 Å². The summed E-state index contributed by atoms with van der Waals surface area (Å²) >= 11 is 0. The van der Waals surface area contributed by atoms with Crippen molar-refractivity contribution in [3.8, 4) is 0 Å². The summed E-state index contributed by atoms with van der Waals surface area (Å²) in [6.45, 7) is 6.00. The van der Waals surface area contributed by atoms with Crippen molar-refractivity contribution < 1.29 is 22.1 Å². The van der Waals surface area contributed by atoms with Crippen molar-refractivity contribution in [2.24, 2.45) is 0 Å². The number of ether oxygens (including phenoxy) is 1. The molecule has 0 radical (unpaired) electrons. The summed E-state index contributed by atoms with van der Waals surface area (Å²) in [4.78, 5) is 10.9. The smallest absolute Gasteiger partial charge is 0.333 e. The Morgan fingerprint density at radius 2 is 2.00 bits per heavy atom. The van der Waals surface area contributed by atoms with E-state index in [1.165, 1.54) is 13.8 Å². The van der Waals surface area contributed by atoms with E-state index in [1.54, 1.807) is 0 Å². The van der Waals surface area contributed by atoms with Crippen molar-refractivity contribution in [1.82, 2.24) is 0 Å². The summed E-state index contributed by atoms with van der Waals surface area (Å²) < 4.78 is 31.0. The second-order valence-corrected chi connectivity index (χ2v) is 4.97. The number of hydrogen-bond acceptors (Lipinski definition) is 5. The number of carbonyl (C=O) groups is 1. The van der Waals surface area contributed by atoms with Crippen LogP contribution in [0.5, 0.6) is 0 Å². The van der Waals surface area contributed by atoms with Crippen molar-refractivity contribution in [3.05, 3.63) is 12.2 Å². The Labute approximate surface area is 83.8 Å². The van der Waals surface area contributed by atoms with Gasteiger partial charge >= 0.3 is 5.97 Å². The van der Waals surface area contributed by atoms with Crippen LogP contribution < -0.4 is 0 Å². The fourth-order valence-electron chi connectivity index (χ4n) is 0.564. The maximum Gasteiger partial charge on any atom is 0.333 e. The highest BCUT2D eigenvalue weighted by atomic mass is 32.2. The van der Waals surface area contributed by atoms with Crippen LogP contribution in [0, 0.1) is 0 Å². The third-order valence-electron chi connectivity index (χ3n) is 1.52. The molecule has 0 aromatic carbocycles. The minimum absolute atomic E-state index is 0.229. The first-order valence-electron chi connectivity index (χ1n) is 3.93. The van der Waals surface area contributed by atoms with Gasteiger partial charge in [0, 0.05) is 5.57 Å². The molecule has 0 aliphatic heterocycles. The molecule has 0 fully saturated rings. The Balaban J connectivity index is 4.17. The van der Waals surface area contributed by atoms with Crippen LogP contribution in [0.3, 0.4) is 0 Å². The molecule has 82 valence electrons. The van der Waals surface area contributed by atoms with E-state index in [4.69, 9.17) is 0 Å². The molecule has 0 aromatic rings. The van der Waals surface area contributed by atoms with Crippen LogP contribution in [0.25, 0.3) is 0 Å². The number of hydrogen-bond donors (Lipinski definition) is 0. The van der Waals surface area contributed by atoms with Crippen LogP contribution in [0.15, 0.2) is 12.2 Å². The van der Waals surface area contributed by atoms with Gasteiger partial charge in [-0.1, -0.05) is 6.58 Å². The van der Waals surface area contributed by atoms with Gasteiger partial charge in [-0.25, -0.2) is 4.79 Å². The molecule has 0 aliphatic rings. The van der Waals surface area contributed by atoms with Crippen LogP contribution >= 0.6 is 0 Å². The molecule has 0 saturated carbocycles. The Hall–Kier alpha value is -0.880. The zero-order chi connectivity index (χ0) is 11.4. The molecule has 6 heteroatoms. The van der Waals surface area contributed by atoms with Gasteiger partial charge in [0.15, 0.2) is 0 Å². The van der Waals surface area contributed by atoms with Crippen LogP contribution in [0.2, 0.25) is 0 Å². The summed E-state index contributed by atoms with van der Waals surface area (Å²) in [5.41, 5.74) is 0.229. The molecule has 0 N–H and O–H groups in total. The second-order valence-electron chi connectivity index (χ2n) is 2.85. The zero-order valence-electron chi connectivity index (χ0n) is 8.44. The van der Waals surface area contributed by atoms with Crippen molar-refractivity contribution in [2.75, 3.05) is 13.7 Å². The molecule has 0 bridgehead atoms. The third kappa shape index (κ3) is 3.89. The number of esters is 1. The highest BCUT2D eigenvalue weighted by Crippen LogP contribution is 2.04. The monoisotopic (exact) mass is 222 g/mol. The molecule has 5 nitrogen and oxygen atoms in total. The highest BCUT2D eigenvalue weighted by Gasteiger charge is 2.21. The number of rotatable bonds is 5. The van der Waals surface area contributed by atoms with E-state index in [9.17, 15) is 13.2 Å². The van der Waals surface area contributed by atoms with Crippen LogP contribution in [-0.4, -0.2) is 33.4 Å². The molecular formula is C8H14O5S. The largest absolute Gasteiger partial charge is 0.461 e. The summed E-state index contributed by atoms with van der Waals surface area (Å²) in [6.07, 6.45) is 0. The molecule has 14 heavy (non-hydrogen) atoms. The molecule has 0 rings (SSSR count). The topological polar surface area (TPSA) is 69.7 Å². The zero-order valence-corrected chi connectivity index (χ0v) is 9.26. The van der Waals surface area contributed by atoms with Crippen molar-refractivity contribution in [3.63, 3.8) is 0 Å². The minimum atomic E-state index is -3.63. The fraction of sp³-hybridized carbons (Fsp3) is 0.625. The van der Waals surface area contributed by atoms with E-state index in [-0.39, 0.29) is 12.2 Å². The van der Waals surface area contributed by atoms with Gasteiger partial charge in [-0.15, -0.1) is 0 Å². The van der Waals surface area contributed by atoms with Gasteiger partial charge in [0.2, 0.25) is 0 Å². The fourth-order valence-corrected chi connectivity index (χ4v) is 1.13. The van der Waals surface area contributed by atoms with Gasteiger partial charge in [0.05, 0.1) is 7.11 Å². The Kier molecular flexibility index (Phi) is 4.79. The van der Waals surface area contributed by atoms with Gasteiger partial charge in [-0.3, -0.25) is 4.18 Å². The quantitative estimate of drug-likeness (QED) is 0.384. The minimum Gasteiger partial charge on any atom is -0.461 e. The summed E-state index contributed by atoms with van der Waals surface area (Å²) in [5.74, 6) is -0.608. The van der Waals surface area contributed by atoms with Gasteiger partial charge in [0.1, 0.15) is 11.9 Å². The first-order chi connectivity index (χ1) is 6.31. The van der Waals surface area contributed by atoms with Gasteiger partial charge in [0.25, 0.3) is 10.1 Å². The molecule has 0 aliphatic carbocycles. The average Bonchev–Trinajstić information content (AvgIpc) is 2.13. The molecule has 1 atom stereocenters. The third-order valence-corrected chi connectivity index (χ3v) is 3.11. The molecule has 0 amide bonds. The predicted octanol–water partition coefficient (Wildman–Crippen LogP) is 0.470. The van der Waals surface area contributed by atoms with Crippen LogP contribution in [0.4, 0.5) is 0 Å². The Bertz CT molecular complexity index is 317. The summed E-state index contributed by atoms with van der Waals surface area (Å²) in [7, 11) is -2.56. The van der Waals surface area contributed by atoms with Crippen LogP contribution in [0.1, 0.15) is 13.8 Å². The molecule has 0 saturated heterocycles. The number of carbonyl (C=O) groups excluding carboxylic acids is 1. The Morgan fingerprint density at radius 3 is 2.36 bits per heavy atom. The van der Waals surface area contributed by atoms with E-state index in [2.05, 4.69) is 15.5 Å². The van der Waals surface area contributed by atoms with E-state index in [0.29, 0.717) is 0 Å². The van der Waals surface area contributed by atoms with Crippen molar-refractivity contribution in [2.45, 2.75) is 19.1 Å². The van der Waals surface area contributed by atoms with Crippen molar-refractivity contribution in [1.29, 1.82) is 0 Å². The highest BCUT2D eigenvalue weighted by molar-refractivity contribution is 7.87. The molecule has 0 heterocycles. The molecule has 0 spiro atoms. The molecular weight excluding hydrogens is 208 g/mol. The maximum atomic E-state index is 11.0. The lowest BCUT2D eigenvalue weighted by Gasteiger charge is -2.11. The first kappa shape index (κ1) is 13.1. The van der Waals surface area contributed by atoms with Gasteiger partial charge in [-0.05, 0) is 13.8 Å². The summed E-state index contributed by atoms with van der Waals surface area (Å²) in [5, 5.41) is -0.879. The average molecular weight is 222 g/mol.